The van der Waals surface area contributed by atoms with E-state index in [9.17, 15) is 9.18 Å². The monoisotopic (exact) mass is 278 g/mol. The first-order valence-corrected chi connectivity index (χ1v) is 6.15. The Morgan fingerprint density at radius 3 is 2.85 bits per heavy atom. The molecule has 1 N–H and O–H groups in total. The van der Waals surface area contributed by atoms with Crippen LogP contribution in [0, 0.1) is 5.82 Å². The predicted molar refractivity (Wildman–Crippen MR) is 70.3 cm³/mol. The van der Waals surface area contributed by atoms with Crippen LogP contribution in [-0.2, 0) is 6.61 Å². The largest absolute Gasteiger partial charge is 0.487 e. The third-order valence-corrected chi connectivity index (χ3v) is 2.86. The van der Waals surface area contributed by atoms with Crippen LogP contribution in [0.25, 0.3) is 0 Å². The molecule has 1 aromatic carbocycles. The summed E-state index contributed by atoms with van der Waals surface area (Å²) in [4.78, 5) is 14.7. The number of hydrogen-bond acceptors (Lipinski definition) is 3. The SMILES string of the molecule is CC(C)n1cncc1COc1ccc(C(=O)O)c(F)c1. The second-order valence-electron chi connectivity index (χ2n) is 4.62. The maximum atomic E-state index is 13.5. The maximum Gasteiger partial charge on any atom is 0.338 e. The number of halogens is 1. The van der Waals surface area contributed by atoms with Gasteiger partial charge < -0.3 is 14.4 Å². The van der Waals surface area contributed by atoms with Crippen molar-refractivity contribution in [2.24, 2.45) is 0 Å². The van der Waals surface area contributed by atoms with Crippen molar-refractivity contribution >= 4 is 5.97 Å². The molecule has 0 radical (unpaired) electrons. The summed E-state index contributed by atoms with van der Waals surface area (Å²) in [7, 11) is 0. The van der Waals surface area contributed by atoms with E-state index in [-0.39, 0.29) is 24.0 Å². The summed E-state index contributed by atoms with van der Waals surface area (Å²) < 4.78 is 20.9. The molecular weight excluding hydrogens is 263 g/mol. The van der Waals surface area contributed by atoms with Crippen LogP contribution in [0.2, 0.25) is 0 Å². The van der Waals surface area contributed by atoms with Gasteiger partial charge >= 0.3 is 5.97 Å². The molecule has 6 heteroatoms. The van der Waals surface area contributed by atoms with Gasteiger partial charge in [-0.2, -0.15) is 0 Å². The number of carboxylic acids is 1. The summed E-state index contributed by atoms with van der Waals surface area (Å²) in [5.74, 6) is -1.83. The van der Waals surface area contributed by atoms with Gasteiger partial charge in [0, 0.05) is 12.1 Å². The van der Waals surface area contributed by atoms with Gasteiger partial charge in [-0.1, -0.05) is 0 Å². The van der Waals surface area contributed by atoms with Gasteiger partial charge in [-0.05, 0) is 26.0 Å². The van der Waals surface area contributed by atoms with Crippen LogP contribution < -0.4 is 4.74 Å². The smallest absolute Gasteiger partial charge is 0.338 e. The molecule has 5 nitrogen and oxygen atoms in total. The van der Waals surface area contributed by atoms with Crippen molar-refractivity contribution in [3.8, 4) is 5.75 Å². The van der Waals surface area contributed by atoms with Crippen molar-refractivity contribution in [3.05, 3.63) is 47.8 Å². The van der Waals surface area contributed by atoms with Crippen LogP contribution in [0.5, 0.6) is 5.75 Å². The third kappa shape index (κ3) is 2.96. The zero-order chi connectivity index (χ0) is 14.7. The predicted octanol–water partition coefficient (Wildman–Crippen LogP) is 2.88. The molecule has 0 spiro atoms. The second kappa shape index (κ2) is 5.73. The molecule has 0 aliphatic heterocycles. The molecule has 0 amide bonds. The van der Waals surface area contributed by atoms with Crippen LogP contribution in [0.1, 0.15) is 35.9 Å². The molecule has 20 heavy (non-hydrogen) atoms. The fourth-order valence-corrected chi connectivity index (χ4v) is 1.83. The Bertz CT molecular complexity index is 623. The van der Waals surface area contributed by atoms with Gasteiger partial charge in [0.25, 0.3) is 0 Å². The van der Waals surface area contributed by atoms with E-state index in [0.717, 1.165) is 11.8 Å². The van der Waals surface area contributed by atoms with Gasteiger partial charge in [0.2, 0.25) is 0 Å². The van der Waals surface area contributed by atoms with Crippen molar-refractivity contribution < 1.29 is 19.0 Å². The number of ether oxygens (including phenoxy) is 1. The summed E-state index contributed by atoms with van der Waals surface area (Å²) in [6, 6.07) is 3.94. The van der Waals surface area contributed by atoms with Gasteiger partial charge in [-0.15, -0.1) is 0 Å². The van der Waals surface area contributed by atoms with E-state index in [4.69, 9.17) is 9.84 Å². The molecule has 0 unspecified atom stereocenters. The molecule has 106 valence electrons. The third-order valence-electron chi connectivity index (χ3n) is 2.86. The number of carbonyl (C=O) groups is 1. The zero-order valence-electron chi connectivity index (χ0n) is 11.2. The van der Waals surface area contributed by atoms with E-state index in [1.807, 2.05) is 18.4 Å². The molecule has 2 aromatic rings. The zero-order valence-corrected chi connectivity index (χ0v) is 11.2. The molecule has 1 aromatic heterocycles. The van der Waals surface area contributed by atoms with Crippen LogP contribution in [0.15, 0.2) is 30.7 Å². The number of benzene rings is 1. The normalized spacial score (nSPS) is 10.8. The minimum absolute atomic E-state index is 0.240. The molecule has 0 atom stereocenters. The van der Waals surface area contributed by atoms with Crippen molar-refractivity contribution in [1.29, 1.82) is 0 Å². The Kier molecular flexibility index (Phi) is 4.02. The van der Waals surface area contributed by atoms with Crippen molar-refractivity contribution in [3.63, 3.8) is 0 Å². The molecule has 2 rings (SSSR count). The van der Waals surface area contributed by atoms with Crippen LogP contribution in [-0.4, -0.2) is 20.6 Å². The van der Waals surface area contributed by atoms with Gasteiger partial charge in [0.05, 0.1) is 23.8 Å². The highest BCUT2D eigenvalue weighted by Crippen LogP contribution is 2.18. The summed E-state index contributed by atoms with van der Waals surface area (Å²) >= 11 is 0. The molecule has 0 aliphatic carbocycles. The minimum atomic E-state index is -1.30. The number of nitrogens with zero attached hydrogens (tertiary/aromatic N) is 2. The standard InChI is InChI=1S/C14H15FN2O3/c1-9(2)17-8-16-6-10(17)7-20-11-3-4-12(14(18)19)13(15)5-11/h3-6,8-9H,7H2,1-2H3,(H,18,19). The lowest BCUT2D eigenvalue weighted by Crippen LogP contribution is -2.07. The second-order valence-corrected chi connectivity index (χ2v) is 4.62. The van der Waals surface area contributed by atoms with Gasteiger partial charge in [0.15, 0.2) is 0 Å². The number of aromatic nitrogens is 2. The number of imidazole rings is 1. The molecule has 1 heterocycles. The molecule has 0 aliphatic rings. The van der Waals surface area contributed by atoms with E-state index >= 15 is 0 Å². The minimum Gasteiger partial charge on any atom is -0.487 e. The molecular formula is C14H15FN2O3. The molecule has 0 bridgehead atoms. The Hall–Kier alpha value is -2.37. The topological polar surface area (TPSA) is 64.4 Å². The summed E-state index contributed by atoms with van der Waals surface area (Å²) in [6.45, 7) is 4.28. The highest BCUT2D eigenvalue weighted by atomic mass is 19.1. The summed E-state index contributed by atoms with van der Waals surface area (Å²) in [5, 5.41) is 8.74. The van der Waals surface area contributed by atoms with E-state index in [2.05, 4.69) is 4.98 Å². The first-order chi connectivity index (χ1) is 9.49. The van der Waals surface area contributed by atoms with E-state index in [1.54, 1.807) is 12.5 Å². The first kappa shape index (κ1) is 14.0. The van der Waals surface area contributed by atoms with Crippen molar-refractivity contribution in [1.82, 2.24) is 9.55 Å². The molecule has 0 saturated carbocycles. The van der Waals surface area contributed by atoms with Crippen LogP contribution in [0.4, 0.5) is 4.39 Å². The number of rotatable bonds is 5. The Labute approximate surface area is 115 Å². The average molecular weight is 278 g/mol. The lowest BCUT2D eigenvalue weighted by atomic mass is 10.2. The first-order valence-electron chi connectivity index (χ1n) is 6.15. The van der Waals surface area contributed by atoms with E-state index in [0.29, 0.717) is 0 Å². The van der Waals surface area contributed by atoms with E-state index in [1.165, 1.54) is 12.1 Å². The van der Waals surface area contributed by atoms with E-state index < -0.39 is 11.8 Å². The number of hydrogen-bond donors (Lipinski definition) is 1. The quantitative estimate of drug-likeness (QED) is 0.913. The Balaban J connectivity index is 2.09. The Morgan fingerprint density at radius 2 is 2.25 bits per heavy atom. The fraction of sp³-hybridized carbons (Fsp3) is 0.286. The average Bonchev–Trinajstić information content (AvgIpc) is 2.84. The van der Waals surface area contributed by atoms with Gasteiger partial charge in [-0.3, -0.25) is 0 Å². The van der Waals surface area contributed by atoms with Gasteiger partial charge in [-0.25, -0.2) is 14.2 Å². The maximum absolute atomic E-state index is 13.5. The highest BCUT2D eigenvalue weighted by Gasteiger charge is 2.11. The van der Waals surface area contributed by atoms with Crippen LogP contribution in [0.3, 0.4) is 0 Å². The lowest BCUT2D eigenvalue weighted by Gasteiger charge is -2.12. The molecule has 0 fully saturated rings. The fourth-order valence-electron chi connectivity index (χ4n) is 1.83. The number of carboxylic acid groups (broad SMARTS) is 1. The lowest BCUT2D eigenvalue weighted by molar-refractivity contribution is 0.0692. The Morgan fingerprint density at radius 1 is 1.50 bits per heavy atom. The number of aromatic carboxylic acids is 1. The van der Waals surface area contributed by atoms with Crippen molar-refractivity contribution in [2.75, 3.05) is 0 Å². The van der Waals surface area contributed by atoms with Gasteiger partial charge in [0.1, 0.15) is 18.2 Å². The van der Waals surface area contributed by atoms with Crippen molar-refractivity contribution in [2.45, 2.75) is 26.5 Å². The summed E-state index contributed by atoms with van der Waals surface area (Å²) in [6.07, 6.45) is 3.39. The highest BCUT2D eigenvalue weighted by molar-refractivity contribution is 5.88. The summed E-state index contributed by atoms with van der Waals surface area (Å²) in [5.41, 5.74) is 0.493. The van der Waals surface area contributed by atoms with Crippen LogP contribution >= 0.6 is 0 Å². The molecule has 0 saturated heterocycles.